The highest BCUT2D eigenvalue weighted by Gasteiger charge is 2.53. The van der Waals surface area contributed by atoms with E-state index in [0.717, 1.165) is 51.4 Å². The lowest BCUT2D eigenvalue weighted by Crippen LogP contribution is -2.48. The average molecular weight is 558 g/mol. The maximum atomic E-state index is 12.6. The van der Waals surface area contributed by atoms with Crippen LogP contribution in [-0.2, 0) is 47.7 Å². The second-order valence-electron chi connectivity index (χ2n) is 9.90. The molecule has 0 spiro atoms. The SMILES string of the molecule is CCCCCCCC(=O)N[C@@H]1O[C@@H]([C@@H](COC(=O)CCCCCCC)OC(C)=O)[C@@H](OC(C)=O)[C@@H]1OC(C)=O. The van der Waals surface area contributed by atoms with Gasteiger partial charge in [-0.2, -0.15) is 0 Å². The van der Waals surface area contributed by atoms with Crippen molar-refractivity contribution in [1.29, 1.82) is 0 Å². The highest BCUT2D eigenvalue weighted by molar-refractivity contribution is 5.76. The number of hydrogen-bond donors (Lipinski definition) is 1. The maximum Gasteiger partial charge on any atom is 0.305 e. The molecule has 0 radical (unpaired) electrons. The van der Waals surface area contributed by atoms with Crippen LogP contribution in [0.1, 0.15) is 112 Å². The first-order valence-electron chi connectivity index (χ1n) is 14.2. The molecule has 1 heterocycles. The van der Waals surface area contributed by atoms with Crippen molar-refractivity contribution in [1.82, 2.24) is 5.32 Å². The third-order valence-electron chi connectivity index (χ3n) is 6.24. The summed E-state index contributed by atoms with van der Waals surface area (Å²) in [5.74, 6) is -2.84. The number of carbonyl (C=O) groups excluding carboxylic acids is 5. The van der Waals surface area contributed by atoms with Crippen molar-refractivity contribution in [2.75, 3.05) is 6.61 Å². The van der Waals surface area contributed by atoms with Crippen molar-refractivity contribution >= 4 is 29.8 Å². The molecule has 1 aliphatic heterocycles. The first-order chi connectivity index (χ1) is 18.6. The van der Waals surface area contributed by atoms with Crippen molar-refractivity contribution in [3.05, 3.63) is 0 Å². The van der Waals surface area contributed by atoms with Gasteiger partial charge in [0, 0.05) is 33.6 Å². The Labute approximate surface area is 232 Å². The van der Waals surface area contributed by atoms with Crippen molar-refractivity contribution in [2.45, 2.75) is 142 Å². The summed E-state index contributed by atoms with van der Waals surface area (Å²) in [6.45, 7) is 7.38. The lowest BCUT2D eigenvalue weighted by molar-refractivity contribution is -0.177. The zero-order valence-corrected chi connectivity index (χ0v) is 24.2. The average Bonchev–Trinajstić information content (AvgIpc) is 3.16. The van der Waals surface area contributed by atoms with Gasteiger partial charge in [-0.1, -0.05) is 65.2 Å². The highest BCUT2D eigenvalue weighted by Crippen LogP contribution is 2.30. The molecule has 1 amide bonds. The topological polar surface area (TPSA) is 144 Å². The molecule has 0 saturated carbocycles. The number of unbranched alkanes of at least 4 members (excludes halogenated alkanes) is 8. The second kappa shape index (κ2) is 19.4. The highest BCUT2D eigenvalue weighted by atomic mass is 16.7. The summed E-state index contributed by atoms with van der Waals surface area (Å²) in [4.78, 5) is 60.7. The molecule has 39 heavy (non-hydrogen) atoms. The fourth-order valence-electron chi connectivity index (χ4n) is 4.39. The van der Waals surface area contributed by atoms with Gasteiger partial charge in [-0.05, 0) is 12.8 Å². The number of nitrogens with one attached hydrogen (secondary N) is 1. The Morgan fingerprint density at radius 2 is 1.26 bits per heavy atom. The normalized spacial score (nSPS) is 21.1. The number of ether oxygens (including phenoxy) is 5. The van der Waals surface area contributed by atoms with E-state index in [2.05, 4.69) is 19.2 Å². The Bertz CT molecular complexity index is 786. The molecule has 0 aromatic heterocycles. The van der Waals surface area contributed by atoms with Gasteiger partial charge >= 0.3 is 23.9 Å². The van der Waals surface area contributed by atoms with Crippen LogP contribution in [0.25, 0.3) is 0 Å². The third kappa shape index (κ3) is 14.3. The molecule has 224 valence electrons. The van der Waals surface area contributed by atoms with Gasteiger partial charge in [0.15, 0.2) is 24.5 Å². The van der Waals surface area contributed by atoms with Gasteiger partial charge in [-0.25, -0.2) is 0 Å². The molecule has 0 aromatic rings. The zero-order valence-electron chi connectivity index (χ0n) is 24.2. The summed E-state index contributed by atoms with van der Waals surface area (Å²) >= 11 is 0. The first kappa shape index (κ1) is 34.3. The number of esters is 4. The standard InChI is InChI=1S/C28H47NO10/c1-6-8-10-12-14-16-23(33)29-28-27(38-21(5)32)26(37-20(4)31)25(39-28)22(36-19(3)30)18-35-24(34)17-15-13-11-9-7-2/h22,25-28H,6-18H2,1-5H3,(H,29,33)/t22-,25+,26-,27+,28-/m1/s1. The molecule has 5 atom stereocenters. The molecular weight excluding hydrogens is 510 g/mol. The summed E-state index contributed by atoms with van der Waals surface area (Å²) in [6.07, 6.45) is 4.09. The minimum Gasteiger partial charge on any atom is -0.462 e. The smallest absolute Gasteiger partial charge is 0.305 e. The van der Waals surface area contributed by atoms with E-state index < -0.39 is 54.5 Å². The van der Waals surface area contributed by atoms with Crippen LogP contribution in [0.3, 0.4) is 0 Å². The van der Waals surface area contributed by atoms with Crippen LogP contribution >= 0.6 is 0 Å². The Morgan fingerprint density at radius 3 is 1.79 bits per heavy atom. The first-order valence-corrected chi connectivity index (χ1v) is 14.2. The minimum absolute atomic E-state index is 0.211. The number of carbonyl (C=O) groups is 5. The molecular formula is C28H47NO10. The summed E-state index contributed by atoms with van der Waals surface area (Å²) < 4.78 is 27.5. The van der Waals surface area contributed by atoms with E-state index in [9.17, 15) is 24.0 Å². The minimum atomic E-state index is -1.22. The molecule has 1 fully saturated rings. The Balaban J connectivity index is 2.98. The molecule has 1 saturated heterocycles. The molecule has 1 aliphatic rings. The van der Waals surface area contributed by atoms with E-state index in [1.54, 1.807) is 0 Å². The van der Waals surface area contributed by atoms with Gasteiger partial charge in [0.05, 0.1) is 0 Å². The number of amides is 1. The van der Waals surface area contributed by atoms with Crippen LogP contribution in [-0.4, -0.2) is 67.0 Å². The van der Waals surface area contributed by atoms with E-state index in [4.69, 9.17) is 23.7 Å². The molecule has 1 N–H and O–H groups in total. The van der Waals surface area contributed by atoms with E-state index in [1.165, 1.54) is 20.8 Å². The van der Waals surface area contributed by atoms with E-state index in [1.807, 2.05) is 0 Å². The third-order valence-corrected chi connectivity index (χ3v) is 6.24. The summed E-state index contributed by atoms with van der Waals surface area (Å²) in [5.41, 5.74) is 0. The van der Waals surface area contributed by atoms with Crippen LogP contribution in [0.5, 0.6) is 0 Å². The van der Waals surface area contributed by atoms with Crippen molar-refractivity contribution in [3.63, 3.8) is 0 Å². The molecule has 1 rings (SSSR count). The quantitative estimate of drug-likeness (QED) is 0.141. The lowest BCUT2D eigenvalue weighted by atomic mass is 10.0. The van der Waals surface area contributed by atoms with E-state index >= 15 is 0 Å². The van der Waals surface area contributed by atoms with Gasteiger partial charge in [0.2, 0.25) is 5.91 Å². The van der Waals surface area contributed by atoms with Gasteiger partial charge < -0.3 is 29.0 Å². The molecule has 11 nitrogen and oxygen atoms in total. The van der Waals surface area contributed by atoms with E-state index in [-0.39, 0.29) is 25.4 Å². The van der Waals surface area contributed by atoms with Crippen LogP contribution in [0, 0.1) is 0 Å². The Morgan fingerprint density at radius 1 is 0.718 bits per heavy atom. The van der Waals surface area contributed by atoms with Gasteiger partial charge in [-0.15, -0.1) is 0 Å². The Kier molecular flexibility index (Phi) is 17.1. The van der Waals surface area contributed by atoms with Crippen molar-refractivity contribution in [3.8, 4) is 0 Å². The summed E-state index contributed by atoms with van der Waals surface area (Å²) in [5, 5.41) is 2.70. The molecule has 0 unspecified atom stereocenters. The number of rotatable bonds is 19. The van der Waals surface area contributed by atoms with Crippen molar-refractivity contribution in [2.24, 2.45) is 0 Å². The summed E-state index contributed by atoms with van der Waals surface area (Å²) in [6, 6.07) is 0. The van der Waals surface area contributed by atoms with Crippen LogP contribution in [0.2, 0.25) is 0 Å². The maximum absolute atomic E-state index is 12.6. The lowest BCUT2D eigenvalue weighted by Gasteiger charge is -2.27. The fourth-order valence-corrected chi connectivity index (χ4v) is 4.39. The van der Waals surface area contributed by atoms with E-state index in [0.29, 0.717) is 12.8 Å². The number of hydrogen-bond acceptors (Lipinski definition) is 10. The van der Waals surface area contributed by atoms with Gasteiger partial charge in [0.1, 0.15) is 12.7 Å². The molecule has 0 aliphatic carbocycles. The van der Waals surface area contributed by atoms with Gasteiger partial charge in [-0.3, -0.25) is 24.0 Å². The monoisotopic (exact) mass is 557 g/mol. The fraction of sp³-hybridized carbons (Fsp3) is 0.821. The summed E-state index contributed by atoms with van der Waals surface area (Å²) in [7, 11) is 0. The van der Waals surface area contributed by atoms with Crippen LogP contribution in [0.15, 0.2) is 0 Å². The predicted octanol–water partition coefficient (Wildman–Crippen LogP) is 3.89. The second-order valence-corrected chi connectivity index (χ2v) is 9.90. The largest absolute Gasteiger partial charge is 0.462 e. The Hall–Kier alpha value is -2.69. The van der Waals surface area contributed by atoms with Gasteiger partial charge in [0.25, 0.3) is 0 Å². The molecule has 11 heteroatoms. The molecule has 0 bridgehead atoms. The molecule has 0 aromatic carbocycles. The van der Waals surface area contributed by atoms with Crippen LogP contribution < -0.4 is 5.32 Å². The van der Waals surface area contributed by atoms with Crippen molar-refractivity contribution < 1.29 is 47.7 Å². The predicted molar refractivity (Wildman–Crippen MR) is 141 cm³/mol. The van der Waals surface area contributed by atoms with Crippen LogP contribution in [0.4, 0.5) is 0 Å². The zero-order chi connectivity index (χ0) is 29.2.